The van der Waals surface area contributed by atoms with Crippen molar-refractivity contribution in [1.29, 1.82) is 0 Å². The van der Waals surface area contributed by atoms with Crippen molar-refractivity contribution in [2.75, 3.05) is 6.61 Å². The number of benzene rings is 1. The van der Waals surface area contributed by atoms with Crippen LogP contribution in [0.4, 0.5) is 0 Å². The first kappa shape index (κ1) is 13.5. The first-order valence-corrected chi connectivity index (χ1v) is 6.45. The second-order valence-corrected chi connectivity index (χ2v) is 4.20. The second kappa shape index (κ2) is 6.33. The molecule has 0 amide bonds. The van der Waals surface area contributed by atoms with Crippen LogP contribution in [0.2, 0.25) is 0 Å². The number of hydrogen-bond donors (Lipinski definition) is 1. The number of aromatic nitrogens is 2. The Morgan fingerprint density at radius 2 is 2.11 bits per heavy atom. The largest absolute Gasteiger partial charge is 0.508 e. The Morgan fingerprint density at radius 1 is 1.32 bits per heavy atom. The van der Waals surface area contributed by atoms with E-state index in [2.05, 4.69) is 10.1 Å². The van der Waals surface area contributed by atoms with Gasteiger partial charge in [0.1, 0.15) is 11.9 Å². The molecule has 0 aliphatic heterocycles. The Hall–Kier alpha value is -1.88. The van der Waals surface area contributed by atoms with Gasteiger partial charge in [-0.15, -0.1) is 0 Å². The van der Waals surface area contributed by atoms with E-state index in [1.807, 2.05) is 26.0 Å². The molecular formula is C14H18N2O3. The van der Waals surface area contributed by atoms with Gasteiger partial charge in [0, 0.05) is 12.2 Å². The average Bonchev–Trinajstić information content (AvgIpc) is 2.87. The smallest absolute Gasteiger partial charge is 0.231 e. The van der Waals surface area contributed by atoms with Crippen LogP contribution >= 0.6 is 0 Å². The summed E-state index contributed by atoms with van der Waals surface area (Å²) in [6, 6.07) is 7.11. The molecular weight excluding hydrogens is 244 g/mol. The van der Waals surface area contributed by atoms with Crippen molar-refractivity contribution in [3.63, 3.8) is 0 Å². The van der Waals surface area contributed by atoms with Gasteiger partial charge in [-0.1, -0.05) is 30.3 Å². The second-order valence-electron chi connectivity index (χ2n) is 4.20. The van der Waals surface area contributed by atoms with Gasteiger partial charge in [0.25, 0.3) is 0 Å². The Balaban J connectivity index is 2.11. The molecule has 0 aliphatic carbocycles. The highest BCUT2D eigenvalue weighted by Crippen LogP contribution is 2.21. The summed E-state index contributed by atoms with van der Waals surface area (Å²) in [5.41, 5.74) is 0.766. The van der Waals surface area contributed by atoms with Crippen LogP contribution in [0.1, 0.15) is 43.7 Å². The lowest BCUT2D eigenvalue weighted by Gasteiger charge is -2.09. The molecule has 0 saturated carbocycles. The molecule has 0 aliphatic rings. The number of rotatable bonds is 6. The lowest BCUT2D eigenvalue weighted by Crippen LogP contribution is -2.05. The van der Waals surface area contributed by atoms with Gasteiger partial charge in [0.2, 0.25) is 11.7 Å². The van der Waals surface area contributed by atoms with Crippen LogP contribution in [-0.2, 0) is 11.2 Å². The van der Waals surface area contributed by atoms with Crippen molar-refractivity contribution in [2.24, 2.45) is 0 Å². The summed E-state index contributed by atoms with van der Waals surface area (Å²) in [6.45, 7) is 4.56. The van der Waals surface area contributed by atoms with Crippen LogP contribution in [0.3, 0.4) is 0 Å². The third-order valence-corrected chi connectivity index (χ3v) is 2.84. The fourth-order valence-electron chi connectivity index (χ4n) is 1.87. The van der Waals surface area contributed by atoms with Crippen molar-refractivity contribution in [3.05, 3.63) is 41.5 Å². The van der Waals surface area contributed by atoms with Gasteiger partial charge in [0.05, 0.1) is 6.42 Å². The molecule has 1 aromatic carbocycles. The summed E-state index contributed by atoms with van der Waals surface area (Å²) in [5, 5.41) is 13.6. The topological polar surface area (TPSA) is 68.4 Å². The van der Waals surface area contributed by atoms with E-state index < -0.39 is 0 Å². The summed E-state index contributed by atoms with van der Waals surface area (Å²) in [7, 11) is 0. The van der Waals surface area contributed by atoms with Gasteiger partial charge in [-0.3, -0.25) is 0 Å². The molecule has 5 heteroatoms. The molecule has 1 aromatic heterocycles. The number of phenolic OH excluding ortho intramolecular Hbond substituents is 1. The zero-order valence-electron chi connectivity index (χ0n) is 11.2. The zero-order chi connectivity index (χ0) is 13.7. The van der Waals surface area contributed by atoms with E-state index in [-0.39, 0.29) is 11.9 Å². The maximum absolute atomic E-state index is 9.70. The predicted octanol–water partition coefficient (Wildman–Crippen LogP) is 2.85. The lowest BCUT2D eigenvalue weighted by atomic mass is 10.1. The Kier molecular flexibility index (Phi) is 4.52. The van der Waals surface area contributed by atoms with Crippen LogP contribution in [0.5, 0.6) is 5.75 Å². The normalized spacial score (nSPS) is 12.5. The van der Waals surface area contributed by atoms with Crippen molar-refractivity contribution in [1.82, 2.24) is 10.1 Å². The molecule has 102 valence electrons. The van der Waals surface area contributed by atoms with Gasteiger partial charge in [0.15, 0.2) is 0 Å². The molecule has 0 saturated heterocycles. The van der Waals surface area contributed by atoms with Crippen molar-refractivity contribution >= 4 is 0 Å². The van der Waals surface area contributed by atoms with Crippen LogP contribution in [0, 0.1) is 0 Å². The molecule has 0 fully saturated rings. The molecule has 2 rings (SSSR count). The third kappa shape index (κ3) is 3.32. The van der Waals surface area contributed by atoms with E-state index in [0.29, 0.717) is 24.7 Å². The van der Waals surface area contributed by atoms with E-state index in [4.69, 9.17) is 9.26 Å². The van der Waals surface area contributed by atoms with Crippen LogP contribution < -0.4 is 0 Å². The van der Waals surface area contributed by atoms with Gasteiger partial charge in [-0.05, 0) is 19.4 Å². The Bertz CT molecular complexity index is 525. The number of para-hydroxylation sites is 1. The van der Waals surface area contributed by atoms with Gasteiger partial charge < -0.3 is 14.4 Å². The molecule has 1 atom stereocenters. The average molecular weight is 262 g/mol. The van der Waals surface area contributed by atoms with E-state index in [0.717, 1.165) is 12.0 Å². The summed E-state index contributed by atoms with van der Waals surface area (Å²) in [4.78, 5) is 4.32. The quantitative estimate of drug-likeness (QED) is 0.867. The number of nitrogens with zero attached hydrogens (tertiary/aromatic N) is 2. The Morgan fingerprint density at radius 3 is 2.79 bits per heavy atom. The number of hydrogen-bond acceptors (Lipinski definition) is 5. The maximum atomic E-state index is 9.70. The first-order valence-electron chi connectivity index (χ1n) is 6.45. The Labute approximate surface area is 112 Å². The number of phenols is 1. The zero-order valence-corrected chi connectivity index (χ0v) is 11.2. The molecule has 19 heavy (non-hydrogen) atoms. The highest BCUT2D eigenvalue weighted by atomic mass is 16.5. The van der Waals surface area contributed by atoms with Crippen LogP contribution in [-0.4, -0.2) is 21.9 Å². The van der Waals surface area contributed by atoms with E-state index in [9.17, 15) is 5.11 Å². The molecule has 0 bridgehead atoms. The van der Waals surface area contributed by atoms with Crippen LogP contribution in [0.15, 0.2) is 28.8 Å². The summed E-state index contributed by atoms with van der Waals surface area (Å²) < 4.78 is 10.7. The van der Waals surface area contributed by atoms with Gasteiger partial charge in [-0.2, -0.15) is 4.98 Å². The van der Waals surface area contributed by atoms with E-state index >= 15 is 0 Å². The van der Waals surface area contributed by atoms with Crippen LogP contribution in [0.25, 0.3) is 0 Å². The standard InChI is InChI=1S/C14H18N2O3/c1-3-12(18-4-2)14-15-13(19-16-14)9-10-7-5-6-8-11(10)17/h5-8,12,17H,3-4,9H2,1-2H3. The monoisotopic (exact) mass is 262 g/mol. The minimum absolute atomic E-state index is 0.133. The van der Waals surface area contributed by atoms with Gasteiger partial charge >= 0.3 is 0 Å². The number of aromatic hydroxyl groups is 1. The minimum atomic E-state index is -0.133. The molecule has 5 nitrogen and oxygen atoms in total. The molecule has 0 spiro atoms. The third-order valence-electron chi connectivity index (χ3n) is 2.84. The predicted molar refractivity (Wildman–Crippen MR) is 69.9 cm³/mol. The molecule has 1 heterocycles. The number of ether oxygens (including phenoxy) is 1. The first-order chi connectivity index (χ1) is 9.24. The van der Waals surface area contributed by atoms with Crippen molar-refractivity contribution in [3.8, 4) is 5.75 Å². The van der Waals surface area contributed by atoms with E-state index in [1.165, 1.54) is 0 Å². The summed E-state index contributed by atoms with van der Waals surface area (Å²) >= 11 is 0. The summed E-state index contributed by atoms with van der Waals surface area (Å²) in [5.74, 6) is 1.28. The maximum Gasteiger partial charge on any atom is 0.231 e. The molecule has 2 aromatic rings. The molecule has 1 N–H and O–H groups in total. The highest BCUT2D eigenvalue weighted by Gasteiger charge is 2.17. The van der Waals surface area contributed by atoms with E-state index in [1.54, 1.807) is 12.1 Å². The SMILES string of the molecule is CCOC(CC)c1noc(Cc2ccccc2O)n1. The van der Waals surface area contributed by atoms with Crippen molar-refractivity contribution in [2.45, 2.75) is 32.8 Å². The fraction of sp³-hybridized carbons (Fsp3) is 0.429. The summed E-state index contributed by atoms with van der Waals surface area (Å²) in [6.07, 6.45) is 1.08. The van der Waals surface area contributed by atoms with Crippen molar-refractivity contribution < 1.29 is 14.4 Å². The molecule has 0 radical (unpaired) electrons. The minimum Gasteiger partial charge on any atom is -0.508 e. The van der Waals surface area contributed by atoms with Gasteiger partial charge in [-0.25, -0.2) is 0 Å². The molecule has 1 unspecified atom stereocenters. The highest BCUT2D eigenvalue weighted by molar-refractivity contribution is 5.33. The fourth-order valence-corrected chi connectivity index (χ4v) is 1.87. The lowest BCUT2D eigenvalue weighted by molar-refractivity contribution is 0.0518.